The highest BCUT2D eigenvalue weighted by Crippen LogP contribution is 2.27. The summed E-state index contributed by atoms with van der Waals surface area (Å²) in [5.41, 5.74) is 0.763. The Hall–Kier alpha value is -1.96. The molecular weight excluding hydrogens is 431 g/mol. The molecule has 1 amide bonds. The minimum Gasteiger partial charge on any atom is -0.492 e. The molecule has 0 saturated carbocycles. The maximum Gasteiger partial charge on any atom is 0.220 e. The Morgan fingerprint density at radius 3 is 2.93 bits per heavy atom. The summed E-state index contributed by atoms with van der Waals surface area (Å²) in [4.78, 5) is 12.5. The summed E-state index contributed by atoms with van der Waals surface area (Å²) < 4.78 is 7.56. The number of fused-ring (bicyclic) bond motifs is 1. The lowest BCUT2D eigenvalue weighted by molar-refractivity contribution is -0.122. The average molecular weight is 453 g/mol. The van der Waals surface area contributed by atoms with Crippen LogP contribution in [0.15, 0.2) is 42.6 Å². The van der Waals surface area contributed by atoms with Gasteiger partial charge in [-0.05, 0) is 55.2 Å². The molecule has 6 nitrogen and oxygen atoms in total. The summed E-state index contributed by atoms with van der Waals surface area (Å²) in [6.45, 7) is 0.387. The van der Waals surface area contributed by atoms with Gasteiger partial charge in [-0.15, -0.1) is 10.2 Å². The minimum absolute atomic E-state index is 0.0467. The predicted octanol–water partition coefficient (Wildman–Crippen LogP) is 4.81. The van der Waals surface area contributed by atoms with Gasteiger partial charge in [-0.2, -0.15) is 11.8 Å². The van der Waals surface area contributed by atoms with Crippen LogP contribution in [0.25, 0.3) is 5.65 Å². The van der Waals surface area contributed by atoms with E-state index in [1.165, 1.54) is 0 Å². The average Bonchev–Trinajstić information content (AvgIpc) is 3.14. The molecule has 0 bridgehead atoms. The van der Waals surface area contributed by atoms with Crippen LogP contribution >= 0.6 is 35.0 Å². The number of benzene rings is 1. The van der Waals surface area contributed by atoms with Crippen LogP contribution in [-0.2, 0) is 4.79 Å². The van der Waals surface area contributed by atoms with E-state index >= 15 is 0 Å². The van der Waals surface area contributed by atoms with E-state index in [0.29, 0.717) is 35.2 Å². The number of aromatic nitrogens is 3. The van der Waals surface area contributed by atoms with E-state index in [9.17, 15) is 4.79 Å². The smallest absolute Gasteiger partial charge is 0.220 e. The molecule has 2 heterocycles. The number of ether oxygens (including phenoxy) is 1. The molecule has 2 aromatic heterocycles. The van der Waals surface area contributed by atoms with Crippen LogP contribution in [0.5, 0.6) is 5.75 Å². The molecule has 0 aliphatic carbocycles. The van der Waals surface area contributed by atoms with Crippen LogP contribution in [0.4, 0.5) is 0 Å². The van der Waals surface area contributed by atoms with Crippen LogP contribution in [0.1, 0.15) is 31.1 Å². The zero-order valence-electron chi connectivity index (χ0n) is 16.0. The molecule has 154 valence electrons. The number of halogens is 2. The maximum absolute atomic E-state index is 12.5. The molecule has 1 atom stereocenters. The van der Waals surface area contributed by atoms with Crippen LogP contribution in [0.2, 0.25) is 10.0 Å². The first-order chi connectivity index (χ1) is 14.1. The van der Waals surface area contributed by atoms with E-state index < -0.39 is 0 Å². The van der Waals surface area contributed by atoms with Gasteiger partial charge in [0.25, 0.3) is 0 Å². The van der Waals surface area contributed by atoms with Gasteiger partial charge in [0.15, 0.2) is 11.5 Å². The SMILES string of the molecule is CSCCC(NC(=O)CCCOc1ccc(Cl)cc1Cl)c1nnc2ccccn12. The highest BCUT2D eigenvalue weighted by molar-refractivity contribution is 7.98. The second-order valence-electron chi connectivity index (χ2n) is 6.42. The Labute approximate surface area is 183 Å². The Morgan fingerprint density at radius 2 is 2.14 bits per heavy atom. The second kappa shape index (κ2) is 10.7. The lowest BCUT2D eigenvalue weighted by atomic mass is 10.2. The molecule has 0 aliphatic rings. The third kappa shape index (κ3) is 6.01. The number of nitrogens with zero attached hydrogens (tertiary/aromatic N) is 3. The summed E-state index contributed by atoms with van der Waals surface area (Å²) in [6.07, 6.45) is 5.64. The number of thioether (sulfide) groups is 1. The topological polar surface area (TPSA) is 68.5 Å². The van der Waals surface area contributed by atoms with Crippen molar-refractivity contribution < 1.29 is 9.53 Å². The molecule has 3 aromatic rings. The van der Waals surface area contributed by atoms with Crippen LogP contribution in [0, 0.1) is 0 Å². The molecule has 0 saturated heterocycles. The number of hydrogen-bond donors (Lipinski definition) is 1. The quantitative estimate of drug-likeness (QED) is 0.447. The summed E-state index contributed by atoms with van der Waals surface area (Å²) in [6, 6.07) is 10.6. The number of nitrogens with one attached hydrogen (secondary N) is 1. The Kier molecular flexibility index (Phi) is 8.03. The minimum atomic E-state index is -0.195. The van der Waals surface area contributed by atoms with E-state index in [-0.39, 0.29) is 11.9 Å². The van der Waals surface area contributed by atoms with Gasteiger partial charge in [-0.1, -0.05) is 29.3 Å². The first-order valence-electron chi connectivity index (χ1n) is 9.24. The van der Waals surface area contributed by atoms with Gasteiger partial charge in [-0.25, -0.2) is 0 Å². The van der Waals surface area contributed by atoms with Gasteiger partial charge >= 0.3 is 0 Å². The summed E-state index contributed by atoms with van der Waals surface area (Å²) in [5, 5.41) is 12.6. The maximum atomic E-state index is 12.5. The van der Waals surface area contributed by atoms with E-state index in [2.05, 4.69) is 15.5 Å². The number of carbonyl (C=O) groups is 1. The van der Waals surface area contributed by atoms with Crippen LogP contribution < -0.4 is 10.1 Å². The highest BCUT2D eigenvalue weighted by atomic mass is 35.5. The van der Waals surface area contributed by atoms with Crippen molar-refractivity contribution in [3.63, 3.8) is 0 Å². The monoisotopic (exact) mass is 452 g/mol. The summed E-state index contributed by atoms with van der Waals surface area (Å²) in [7, 11) is 0. The largest absolute Gasteiger partial charge is 0.492 e. The summed E-state index contributed by atoms with van der Waals surface area (Å²) >= 11 is 13.7. The van der Waals surface area contributed by atoms with Gasteiger partial charge < -0.3 is 10.1 Å². The summed E-state index contributed by atoms with van der Waals surface area (Å²) in [5.74, 6) is 2.16. The van der Waals surface area contributed by atoms with Crippen molar-refractivity contribution in [3.8, 4) is 5.75 Å². The van der Waals surface area contributed by atoms with E-state index in [0.717, 1.165) is 23.6 Å². The van der Waals surface area contributed by atoms with Gasteiger partial charge in [0.2, 0.25) is 5.91 Å². The van der Waals surface area contributed by atoms with E-state index in [1.807, 2.05) is 35.1 Å². The molecule has 0 fully saturated rings. The van der Waals surface area contributed by atoms with Crippen molar-refractivity contribution in [2.75, 3.05) is 18.6 Å². The third-order valence-electron chi connectivity index (χ3n) is 4.30. The zero-order chi connectivity index (χ0) is 20.6. The highest BCUT2D eigenvalue weighted by Gasteiger charge is 2.20. The Morgan fingerprint density at radius 1 is 1.28 bits per heavy atom. The van der Waals surface area contributed by atoms with Gasteiger partial charge in [-0.3, -0.25) is 9.20 Å². The van der Waals surface area contributed by atoms with Gasteiger partial charge in [0.1, 0.15) is 5.75 Å². The first kappa shape index (κ1) is 21.7. The van der Waals surface area contributed by atoms with Crippen LogP contribution in [0.3, 0.4) is 0 Å². The number of pyridine rings is 1. The lowest BCUT2D eigenvalue weighted by Gasteiger charge is -2.17. The molecule has 1 unspecified atom stereocenters. The van der Waals surface area contributed by atoms with E-state index in [4.69, 9.17) is 27.9 Å². The molecule has 0 spiro atoms. The normalized spacial score (nSPS) is 12.1. The molecular formula is C20H22Cl2N4O2S. The second-order valence-corrected chi connectivity index (χ2v) is 8.24. The van der Waals surface area contributed by atoms with Gasteiger partial charge in [0.05, 0.1) is 17.7 Å². The number of rotatable bonds is 10. The fourth-order valence-corrected chi connectivity index (χ4v) is 3.81. The van der Waals surface area contributed by atoms with Crippen molar-refractivity contribution in [2.45, 2.75) is 25.3 Å². The van der Waals surface area contributed by atoms with Crippen molar-refractivity contribution in [1.29, 1.82) is 0 Å². The zero-order valence-corrected chi connectivity index (χ0v) is 18.3. The standard InChI is InChI=1S/C20H22Cl2N4O2S/c1-29-12-9-16(20-25-24-18-5-2-3-10-26(18)20)23-19(27)6-4-11-28-17-8-7-14(21)13-15(17)22/h2-3,5,7-8,10,13,16H,4,6,9,11-12H2,1H3,(H,23,27). The van der Waals surface area contributed by atoms with Crippen molar-refractivity contribution in [1.82, 2.24) is 19.9 Å². The number of hydrogen-bond acceptors (Lipinski definition) is 5. The molecule has 29 heavy (non-hydrogen) atoms. The Balaban J connectivity index is 1.54. The fraction of sp³-hybridized carbons (Fsp3) is 0.350. The molecule has 1 aromatic carbocycles. The Bertz CT molecular complexity index is 967. The van der Waals surface area contributed by atoms with Crippen molar-refractivity contribution in [3.05, 3.63) is 58.5 Å². The number of amides is 1. The van der Waals surface area contributed by atoms with E-state index in [1.54, 1.807) is 30.0 Å². The molecule has 9 heteroatoms. The molecule has 0 radical (unpaired) electrons. The predicted molar refractivity (Wildman–Crippen MR) is 118 cm³/mol. The van der Waals surface area contributed by atoms with Gasteiger partial charge in [0, 0.05) is 17.6 Å². The molecule has 1 N–H and O–H groups in total. The molecule has 0 aliphatic heterocycles. The van der Waals surface area contributed by atoms with Crippen molar-refractivity contribution in [2.24, 2.45) is 0 Å². The molecule has 3 rings (SSSR count). The number of carbonyl (C=O) groups excluding carboxylic acids is 1. The van der Waals surface area contributed by atoms with Crippen LogP contribution in [-0.4, -0.2) is 39.1 Å². The lowest BCUT2D eigenvalue weighted by Crippen LogP contribution is -2.30. The fourth-order valence-electron chi connectivity index (χ4n) is 2.87. The third-order valence-corrected chi connectivity index (χ3v) is 5.47. The first-order valence-corrected chi connectivity index (χ1v) is 11.4. The van der Waals surface area contributed by atoms with Crippen molar-refractivity contribution >= 4 is 46.5 Å².